The van der Waals surface area contributed by atoms with Gasteiger partial charge in [0.25, 0.3) is 5.91 Å². The summed E-state index contributed by atoms with van der Waals surface area (Å²) in [4.78, 5) is 16.0. The first-order valence-electron chi connectivity index (χ1n) is 9.19. The molecule has 0 atom stereocenters. The number of para-hydroxylation sites is 1. The van der Waals surface area contributed by atoms with Crippen LogP contribution in [0.25, 0.3) is 16.9 Å². The molecule has 2 aliphatic rings. The van der Waals surface area contributed by atoms with Crippen LogP contribution in [0.2, 0.25) is 0 Å². The number of morpholine rings is 1. The van der Waals surface area contributed by atoms with Crippen molar-refractivity contribution in [2.75, 3.05) is 26.3 Å². The molecule has 0 bridgehead atoms. The first-order valence-corrected chi connectivity index (χ1v) is 10.2. The summed E-state index contributed by atoms with van der Waals surface area (Å²) in [5, 5.41) is 4.71. The van der Waals surface area contributed by atoms with Crippen LogP contribution < -0.4 is 0 Å². The second-order valence-corrected chi connectivity index (χ2v) is 7.77. The van der Waals surface area contributed by atoms with Gasteiger partial charge in [0, 0.05) is 34.9 Å². The normalized spacial score (nSPS) is 15.8. The maximum Gasteiger partial charge on any atom is 0.274 e. The minimum absolute atomic E-state index is 0.0883. The van der Waals surface area contributed by atoms with Crippen molar-refractivity contribution >= 4 is 17.7 Å². The maximum atomic E-state index is 14.1. The monoisotopic (exact) mass is 395 g/mol. The molecule has 2 aliphatic heterocycles. The van der Waals surface area contributed by atoms with Crippen LogP contribution in [0.15, 0.2) is 53.4 Å². The summed E-state index contributed by atoms with van der Waals surface area (Å²) in [5.41, 5.74) is 3.74. The Morgan fingerprint density at radius 2 is 1.89 bits per heavy atom. The topological polar surface area (TPSA) is 47.4 Å². The highest BCUT2D eigenvalue weighted by molar-refractivity contribution is 7.98. The highest BCUT2D eigenvalue weighted by atomic mass is 32.2. The lowest BCUT2D eigenvalue weighted by molar-refractivity contribution is 0.0298. The second-order valence-electron chi connectivity index (χ2n) is 6.76. The number of hydrogen-bond donors (Lipinski definition) is 0. The van der Waals surface area contributed by atoms with Gasteiger partial charge < -0.3 is 9.64 Å². The van der Waals surface area contributed by atoms with Crippen molar-refractivity contribution in [2.45, 2.75) is 10.6 Å². The van der Waals surface area contributed by atoms with E-state index in [0.717, 1.165) is 27.4 Å². The molecule has 3 heterocycles. The number of halogens is 1. The van der Waals surface area contributed by atoms with Gasteiger partial charge >= 0.3 is 0 Å². The molecule has 1 amide bonds. The van der Waals surface area contributed by atoms with Gasteiger partial charge in [0.1, 0.15) is 5.82 Å². The number of nitrogens with zero attached hydrogens (tertiary/aromatic N) is 3. The quantitative estimate of drug-likeness (QED) is 0.663. The molecule has 1 aromatic heterocycles. The molecule has 1 saturated heterocycles. The average Bonchev–Trinajstić information content (AvgIpc) is 3.14. The largest absolute Gasteiger partial charge is 0.378 e. The van der Waals surface area contributed by atoms with Crippen molar-refractivity contribution in [3.8, 4) is 16.9 Å². The minimum atomic E-state index is -0.297. The molecule has 5 rings (SSSR count). The smallest absolute Gasteiger partial charge is 0.274 e. The fraction of sp³-hybridized carbons (Fsp3) is 0.238. The molecule has 0 radical (unpaired) electrons. The first kappa shape index (κ1) is 17.5. The summed E-state index contributed by atoms with van der Waals surface area (Å²) in [7, 11) is 0. The van der Waals surface area contributed by atoms with Crippen molar-refractivity contribution in [3.05, 3.63) is 65.6 Å². The molecule has 5 nitrogen and oxygen atoms in total. The Bertz CT molecular complexity index is 1050. The molecule has 0 saturated carbocycles. The van der Waals surface area contributed by atoms with E-state index in [2.05, 4.69) is 0 Å². The first-order chi connectivity index (χ1) is 13.7. The van der Waals surface area contributed by atoms with Crippen LogP contribution in [0.5, 0.6) is 0 Å². The number of fused-ring (bicyclic) bond motifs is 3. The van der Waals surface area contributed by atoms with Gasteiger partial charge in [0.2, 0.25) is 0 Å². The standard InChI is InChI=1S/C21H18FN3O2S/c22-14-6-7-18-16(12-14)20-17(13-28-18)19(21(26)24-8-10-27-11-9-24)23-25(20)15-4-2-1-3-5-15/h1-7,12H,8-11,13H2. The summed E-state index contributed by atoms with van der Waals surface area (Å²) in [5.74, 6) is 0.246. The number of ether oxygens (including phenoxy) is 1. The Kier molecular flexibility index (Phi) is 4.41. The van der Waals surface area contributed by atoms with Crippen LogP contribution in [0.4, 0.5) is 4.39 Å². The molecule has 0 unspecified atom stereocenters. The Hall–Kier alpha value is -2.64. The molecule has 0 aliphatic carbocycles. The van der Waals surface area contributed by atoms with Gasteiger partial charge in [-0.25, -0.2) is 9.07 Å². The van der Waals surface area contributed by atoms with E-state index in [1.54, 1.807) is 27.4 Å². The van der Waals surface area contributed by atoms with E-state index < -0.39 is 0 Å². The number of benzene rings is 2. The Balaban J connectivity index is 1.70. The zero-order valence-electron chi connectivity index (χ0n) is 15.1. The van der Waals surface area contributed by atoms with Gasteiger partial charge in [-0.2, -0.15) is 5.10 Å². The lowest BCUT2D eigenvalue weighted by atomic mass is 10.0. The van der Waals surface area contributed by atoms with E-state index >= 15 is 0 Å². The number of amides is 1. The highest BCUT2D eigenvalue weighted by Gasteiger charge is 2.32. The number of carbonyl (C=O) groups excluding carboxylic acids is 1. The number of thioether (sulfide) groups is 1. The van der Waals surface area contributed by atoms with Crippen LogP contribution in [0, 0.1) is 5.82 Å². The molecule has 28 heavy (non-hydrogen) atoms. The van der Waals surface area contributed by atoms with E-state index in [1.807, 2.05) is 30.3 Å². The summed E-state index contributed by atoms with van der Waals surface area (Å²) in [6.45, 7) is 2.20. The van der Waals surface area contributed by atoms with Gasteiger partial charge in [-0.1, -0.05) is 18.2 Å². The van der Waals surface area contributed by atoms with Gasteiger partial charge in [-0.05, 0) is 30.3 Å². The summed E-state index contributed by atoms with van der Waals surface area (Å²) < 4.78 is 21.2. The van der Waals surface area contributed by atoms with E-state index in [1.165, 1.54) is 12.1 Å². The van der Waals surface area contributed by atoms with E-state index in [-0.39, 0.29) is 11.7 Å². The molecule has 0 N–H and O–H groups in total. The Morgan fingerprint density at radius 3 is 2.68 bits per heavy atom. The third-order valence-corrected chi connectivity index (χ3v) is 6.15. The average molecular weight is 395 g/mol. The van der Waals surface area contributed by atoms with Crippen LogP contribution in [0.3, 0.4) is 0 Å². The van der Waals surface area contributed by atoms with Crippen molar-refractivity contribution in [2.24, 2.45) is 0 Å². The fourth-order valence-electron chi connectivity index (χ4n) is 3.67. The molecular formula is C21H18FN3O2S. The number of carbonyl (C=O) groups is 1. The predicted octanol–water partition coefficient (Wildman–Crippen LogP) is 3.76. The van der Waals surface area contributed by atoms with Crippen molar-refractivity contribution in [3.63, 3.8) is 0 Å². The van der Waals surface area contributed by atoms with Crippen molar-refractivity contribution in [1.29, 1.82) is 0 Å². The zero-order valence-corrected chi connectivity index (χ0v) is 15.9. The van der Waals surface area contributed by atoms with Crippen LogP contribution in [0.1, 0.15) is 16.1 Å². The molecule has 1 fully saturated rings. The summed E-state index contributed by atoms with van der Waals surface area (Å²) >= 11 is 1.61. The molecule has 142 valence electrons. The fourth-order valence-corrected chi connectivity index (χ4v) is 4.72. The van der Waals surface area contributed by atoms with Gasteiger partial charge in [-0.15, -0.1) is 11.8 Å². The zero-order chi connectivity index (χ0) is 19.1. The van der Waals surface area contributed by atoms with Gasteiger partial charge in [-0.3, -0.25) is 4.79 Å². The summed E-state index contributed by atoms with van der Waals surface area (Å²) in [6.07, 6.45) is 0. The number of hydrogen-bond acceptors (Lipinski definition) is 4. The van der Waals surface area contributed by atoms with Crippen LogP contribution >= 0.6 is 11.8 Å². The van der Waals surface area contributed by atoms with E-state index in [9.17, 15) is 9.18 Å². The second kappa shape index (κ2) is 7.07. The predicted molar refractivity (Wildman–Crippen MR) is 105 cm³/mol. The molecule has 3 aromatic rings. The molecular weight excluding hydrogens is 377 g/mol. The highest BCUT2D eigenvalue weighted by Crippen LogP contribution is 2.44. The minimum Gasteiger partial charge on any atom is -0.378 e. The van der Waals surface area contributed by atoms with E-state index in [0.29, 0.717) is 37.8 Å². The van der Waals surface area contributed by atoms with Crippen LogP contribution in [-0.2, 0) is 10.5 Å². The lowest BCUT2D eigenvalue weighted by Gasteiger charge is -2.26. The van der Waals surface area contributed by atoms with E-state index in [4.69, 9.17) is 9.84 Å². The molecule has 7 heteroatoms. The van der Waals surface area contributed by atoms with Crippen molar-refractivity contribution in [1.82, 2.24) is 14.7 Å². The number of aromatic nitrogens is 2. The van der Waals surface area contributed by atoms with Gasteiger partial charge in [0.05, 0.1) is 24.6 Å². The Labute approximate surface area is 166 Å². The lowest BCUT2D eigenvalue weighted by Crippen LogP contribution is -2.41. The molecule has 0 spiro atoms. The third-order valence-electron chi connectivity index (χ3n) is 5.05. The van der Waals surface area contributed by atoms with Gasteiger partial charge in [0.15, 0.2) is 5.69 Å². The Morgan fingerprint density at radius 1 is 1.11 bits per heavy atom. The number of rotatable bonds is 2. The van der Waals surface area contributed by atoms with Crippen molar-refractivity contribution < 1.29 is 13.9 Å². The van der Waals surface area contributed by atoms with Crippen LogP contribution in [-0.4, -0.2) is 46.9 Å². The maximum absolute atomic E-state index is 14.1. The summed E-state index contributed by atoms with van der Waals surface area (Å²) in [6, 6.07) is 14.5. The molecule has 2 aromatic carbocycles. The SMILES string of the molecule is O=C(c1nn(-c2ccccc2)c2c1CSc1ccc(F)cc1-2)N1CCOCC1. The third kappa shape index (κ3) is 2.91.